The molecule has 0 heterocycles. The molecule has 0 aromatic heterocycles. The Balaban J connectivity index is 1.62. The molecule has 0 spiro atoms. The fourth-order valence-corrected chi connectivity index (χ4v) is 2.38. The molecule has 0 atom stereocenters. The minimum absolute atomic E-state index is 0.0335. The Kier molecular flexibility index (Phi) is 5.31. The fraction of sp³-hybridized carbons (Fsp3) is 0.250. The maximum Gasteiger partial charge on any atom is 0.343 e. The maximum absolute atomic E-state index is 12.3. The molecule has 2 aromatic carbocycles. The molecule has 1 fully saturated rings. The van der Waals surface area contributed by atoms with Crippen LogP contribution >= 0.6 is 0 Å². The SMILES string of the molecule is CCC(=O)c1ccc(OC(=O)c2cccc(NC(=O)NC3CC3)c2)cc1. The van der Waals surface area contributed by atoms with Crippen LogP contribution in [0.4, 0.5) is 10.5 Å². The molecule has 134 valence electrons. The topological polar surface area (TPSA) is 84.5 Å². The van der Waals surface area contributed by atoms with Crippen molar-refractivity contribution in [3.63, 3.8) is 0 Å². The van der Waals surface area contributed by atoms with Gasteiger partial charge in [0.05, 0.1) is 5.56 Å². The van der Waals surface area contributed by atoms with Gasteiger partial charge in [-0.1, -0.05) is 13.0 Å². The van der Waals surface area contributed by atoms with Gasteiger partial charge in [-0.15, -0.1) is 0 Å². The summed E-state index contributed by atoms with van der Waals surface area (Å²) < 4.78 is 5.32. The van der Waals surface area contributed by atoms with Crippen molar-refractivity contribution in [2.45, 2.75) is 32.2 Å². The molecule has 2 amide bonds. The normalized spacial score (nSPS) is 13.0. The van der Waals surface area contributed by atoms with Crippen LogP contribution in [0.1, 0.15) is 46.9 Å². The van der Waals surface area contributed by atoms with E-state index in [0.717, 1.165) is 12.8 Å². The lowest BCUT2D eigenvalue weighted by Crippen LogP contribution is -2.30. The van der Waals surface area contributed by atoms with E-state index in [4.69, 9.17) is 4.74 Å². The van der Waals surface area contributed by atoms with Crippen molar-refractivity contribution in [3.8, 4) is 5.75 Å². The number of carbonyl (C=O) groups excluding carboxylic acids is 3. The largest absolute Gasteiger partial charge is 0.423 e. The standard InChI is InChI=1S/C20H20N2O4/c1-2-18(23)13-6-10-17(11-7-13)26-19(24)14-4-3-5-16(12-14)22-20(25)21-15-8-9-15/h3-7,10-12,15H,2,8-9H2,1H3,(H2,21,22,25). The molecule has 0 aliphatic heterocycles. The summed E-state index contributed by atoms with van der Waals surface area (Å²) in [5.41, 5.74) is 1.42. The van der Waals surface area contributed by atoms with E-state index < -0.39 is 5.97 Å². The molecule has 6 heteroatoms. The second kappa shape index (κ2) is 7.82. The molecule has 1 aliphatic rings. The van der Waals surface area contributed by atoms with Crippen molar-refractivity contribution in [1.29, 1.82) is 0 Å². The second-order valence-corrected chi connectivity index (χ2v) is 6.14. The summed E-state index contributed by atoms with van der Waals surface area (Å²) in [6, 6.07) is 13.0. The van der Waals surface area contributed by atoms with Crippen LogP contribution in [0.2, 0.25) is 0 Å². The molecule has 1 saturated carbocycles. The van der Waals surface area contributed by atoms with Crippen molar-refractivity contribution < 1.29 is 19.1 Å². The van der Waals surface area contributed by atoms with Gasteiger partial charge in [-0.2, -0.15) is 0 Å². The number of Topliss-reactive ketones (excluding diaryl/α,β-unsaturated/α-hetero) is 1. The number of hydrogen-bond acceptors (Lipinski definition) is 4. The number of ether oxygens (including phenoxy) is 1. The van der Waals surface area contributed by atoms with E-state index in [1.807, 2.05) is 0 Å². The molecular weight excluding hydrogens is 332 g/mol. The van der Waals surface area contributed by atoms with Crippen LogP contribution in [0.25, 0.3) is 0 Å². The van der Waals surface area contributed by atoms with Crippen LogP contribution in [0.5, 0.6) is 5.75 Å². The predicted octanol–water partition coefficient (Wildman–Crippen LogP) is 3.78. The molecule has 1 aliphatic carbocycles. The monoisotopic (exact) mass is 352 g/mol. The van der Waals surface area contributed by atoms with Crippen LogP contribution in [-0.2, 0) is 0 Å². The highest BCUT2D eigenvalue weighted by Crippen LogP contribution is 2.20. The van der Waals surface area contributed by atoms with E-state index in [9.17, 15) is 14.4 Å². The van der Waals surface area contributed by atoms with E-state index in [1.165, 1.54) is 0 Å². The number of rotatable bonds is 6. The van der Waals surface area contributed by atoms with E-state index >= 15 is 0 Å². The van der Waals surface area contributed by atoms with E-state index in [0.29, 0.717) is 29.0 Å². The smallest absolute Gasteiger partial charge is 0.343 e. The number of hydrogen-bond donors (Lipinski definition) is 2. The Bertz CT molecular complexity index is 826. The number of esters is 1. The van der Waals surface area contributed by atoms with Crippen molar-refractivity contribution in [2.24, 2.45) is 0 Å². The molecule has 26 heavy (non-hydrogen) atoms. The first kappa shape index (κ1) is 17.7. The molecule has 2 N–H and O–H groups in total. The minimum Gasteiger partial charge on any atom is -0.423 e. The van der Waals surface area contributed by atoms with Crippen LogP contribution in [0.15, 0.2) is 48.5 Å². The van der Waals surface area contributed by atoms with Gasteiger partial charge in [-0.05, 0) is 55.3 Å². The Hall–Kier alpha value is -3.15. The van der Waals surface area contributed by atoms with Gasteiger partial charge in [-0.25, -0.2) is 9.59 Å². The number of ketones is 1. The highest BCUT2D eigenvalue weighted by Gasteiger charge is 2.23. The molecule has 6 nitrogen and oxygen atoms in total. The first-order valence-electron chi connectivity index (χ1n) is 8.58. The Morgan fingerprint density at radius 1 is 1.04 bits per heavy atom. The van der Waals surface area contributed by atoms with Crippen LogP contribution in [0.3, 0.4) is 0 Å². The third-order valence-electron chi connectivity index (χ3n) is 3.98. The summed E-state index contributed by atoms with van der Waals surface area (Å²) >= 11 is 0. The number of urea groups is 1. The lowest BCUT2D eigenvalue weighted by atomic mass is 10.1. The number of anilines is 1. The summed E-state index contributed by atoms with van der Waals surface area (Å²) in [5, 5.41) is 5.52. The van der Waals surface area contributed by atoms with Gasteiger partial charge in [0.15, 0.2) is 5.78 Å². The van der Waals surface area contributed by atoms with Crippen LogP contribution in [0, 0.1) is 0 Å². The van der Waals surface area contributed by atoms with Gasteiger partial charge >= 0.3 is 12.0 Å². The zero-order valence-electron chi connectivity index (χ0n) is 14.5. The molecular formula is C20H20N2O4. The van der Waals surface area contributed by atoms with Gasteiger partial charge in [-0.3, -0.25) is 4.79 Å². The van der Waals surface area contributed by atoms with Crippen molar-refractivity contribution in [3.05, 3.63) is 59.7 Å². The van der Waals surface area contributed by atoms with Gasteiger partial charge in [0.1, 0.15) is 5.75 Å². The predicted molar refractivity (Wildman–Crippen MR) is 97.6 cm³/mol. The second-order valence-electron chi connectivity index (χ2n) is 6.14. The number of benzene rings is 2. The molecule has 2 aromatic rings. The van der Waals surface area contributed by atoms with Crippen molar-refractivity contribution >= 4 is 23.5 Å². The van der Waals surface area contributed by atoms with Gasteiger partial charge in [0, 0.05) is 23.7 Å². The average Bonchev–Trinajstić information content (AvgIpc) is 3.45. The molecule has 3 rings (SSSR count). The molecule has 0 radical (unpaired) electrons. The Morgan fingerprint density at radius 3 is 2.42 bits per heavy atom. The fourth-order valence-electron chi connectivity index (χ4n) is 2.38. The summed E-state index contributed by atoms with van der Waals surface area (Å²) in [4.78, 5) is 35.7. The number of amides is 2. The first-order valence-corrected chi connectivity index (χ1v) is 8.58. The van der Waals surface area contributed by atoms with E-state index in [-0.39, 0.29) is 17.9 Å². The summed E-state index contributed by atoms with van der Waals surface area (Å²) in [7, 11) is 0. The third kappa shape index (κ3) is 4.69. The molecule has 0 unspecified atom stereocenters. The zero-order chi connectivity index (χ0) is 18.5. The lowest BCUT2D eigenvalue weighted by molar-refractivity contribution is 0.0734. The summed E-state index contributed by atoms with van der Waals surface area (Å²) in [6.07, 6.45) is 2.43. The van der Waals surface area contributed by atoms with Crippen molar-refractivity contribution in [1.82, 2.24) is 5.32 Å². The third-order valence-corrected chi connectivity index (χ3v) is 3.98. The van der Waals surface area contributed by atoms with Gasteiger partial charge in [0.2, 0.25) is 0 Å². The first-order chi connectivity index (χ1) is 12.5. The summed E-state index contributed by atoms with van der Waals surface area (Å²) in [5.74, 6) is -0.149. The van der Waals surface area contributed by atoms with Crippen molar-refractivity contribution in [2.75, 3.05) is 5.32 Å². The van der Waals surface area contributed by atoms with E-state index in [1.54, 1.807) is 55.5 Å². The lowest BCUT2D eigenvalue weighted by Gasteiger charge is -2.09. The van der Waals surface area contributed by atoms with E-state index in [2.05, 4.69) is 10.6 Å². The van der Waals surface area contributed by atoms with Gasteiger partial charge in [0.25, 0.3) is 0 Å². The van der Waals surface area contributed by atoms with Crippen LogP contribution in [-0.4, -0.2) is 23.8 Å². The van der Waals surface area contributed by atoms with Gasteiger partial charge < -0.3 is 15.4 Å². The maximum atomic E-state index is 12.3. The highest BCUT2D eigenvalue weighted by atomic mass is 16.5. The Morgan fingerprint density at radius 2 is 1.77 bits per heavy atom. The highest BCUT2D eigenvalue weighted by molar-refractivity contribution is 5.96. The average molecular weight is 352 g/mol. The Labute approximate surface area is 151 Å². The molecule has 0 saturated heterocycles. The number of nitrogens with one attached hydrogen (secondary N) is 2. The molecule has 0 bridgehead atoms. The quantitative estimate of drug-likeness (QED) is 0.471. The zero-order valence-corrected chi connectivity index (χ0v) is 14.5. The summed E-state index contributed by atoms with van der Waals surface area (Å²) in [6.45, 7) is 1.79. The number of carbonyl (C=O) groups is 3. The van der Waals surface area contributed by atoms with Crippen LogP contribution < -0.4 is 15.4 Å². The minimum atomic E-state index is -0.536.